The number of ketones is 1. The van der Waals surface area contributed by atoms with E-state index in [2.05, 4.69) is 11.5 Å². The number of nitrogens with zero attached hydrogens (tertiary/aromatic N) is 1. The molecule has 0 aliphatic carbocycles. The van der Waals surface area contributed by atoms with Crippen LogP contribution in [-0.4, -0.2) is 56.1 Å². The Morgan fingerprint density at radius 1 is 1.14 bits per heavy atom. The van der Waals surface area contributed by atoms with E-state index in [1.54, 1.807) is 6.92 Å². The Labute approximate surface area is 127 Å². The first-order chi connectivity index (χ1) is 10.1. The quantitative estimate of drug-likeness (QED) is 0.350. The third kappa shape index (κ3) is 8.63. The minimum absolute atomic E-state index is 0.253. The first-order valence-corrected chi connectivity index (χ1v) is 7.74. The van der Waals surface area contributed by atoms with Crippen LogP contribution in [0.5, 0.6) is 0 Å². The van der Waals surface area contributed by atoms with Crippen LogP contribution in [0.4, 0.5) is 0 Å². The Hall–Kier alpha value is -1.20. The highest BCUT2D eigenvalue weighted by Gasteiger charge is 2.10. The van der Waals surface area contributed by atoms with Crippen LogP contribution in [0.2, 0.25) is 0 Å². The molecule has 120 valence electrons. The van der Waals surface area contributed by atoms with Crippen molar-refractivity contribution in [3.63, 3.8) is 0 Å². The van der Waals surface area contributed by atoms with Gasteiger partial charge in [-0.3, -0.25) is 9.69 Å². The normalized spacial score (nSPS) is 15.7. The fraction of sp³-hybridized carbons (Fsp3) is 0.750. The fourth-order valence-corrected chi connectivity index (χ4v) is 2.16. The minimum Gasteiger partial charge on any atom is -0.462 e. The number of carbonyl (C=O) groups is 2. The number of unbranched alkanes of at least 4 members (excludes halogenated alkanes) is 1. The second-order valence-corrected chi connectivity index (χ2v) is 5.47. The summed E-state index contributed by atoms with van der Waals surface area (Å²) in [6, 6.07) is 0. The zero-order valence-electron chi connectivity index (χ0n) is 13.1. The highest BCUT2D eigenvalue weighted by Crippen LogP contribution is 2.05. The summed E-state index contributed by atoms with van der Waals surface area (Å²) in [4.78, 5) is 25.2. The van der Waals surface area contributed by atoms with E-state index in [4.69, 9.17) is 9.47 Å². The summed E-state index contributed by atoms with van der Waals surface area (Å²) >= 11 is 0. The lowest BCUT2D eigenvalue weighted by atomic mass is 10.1. The molecule has 5 nitrogen and oxygen atoms in total. The van der Waals surface area contributed by atoms with Crippen LogP contribution in [0.1, 0.15) is 39.0 Å². The first-order valence-electron chi connectivity index (χ1n) is 7.74. The average Bonchev–Trinajstić information content (AvgIpc) is 2.49. The SMILES string of the molecule is C=C(C)C(=O)OCCCC(=O)CCCCN1CCOCC1. The highest BCUT2D eigenvalue weighted by atomic mass is 16.5. The van der Waals surface area contributed by atoms with E-state index < -0.39 is 0 Å². The van der Waals surface area contributed by atoms with Gasteiger partial charge in [-0.05, 0) is 32.7 Å². The molecule has 0 radical (unpaired) electrons. The number of morpholine rings is 1. The molecule has 0 bridgehead atoms. The Bertz CT molecular complexity index is 348. The van der Waals surface area contributed by atoms with E-state index >= 15 is 0 Å². The predicted octanol–water partition coefficient (Wildman–Crippen LogP) is 1.96. The number of hydrogen-bond acceptors (Lipinski definition) is 5. The van der Waals surface area contributed by atoms with Crippen LogP contribution in [0, 0.1) is 0 Å². The Kier molecular flexibility index (Phi) is 8.94. The van der Waals surface area contributed by atoms with Crippen molar-refractivity contribution in [1.82, 2.24) is 4.90 Å². The molecule has 0 aromatic carbocycles. The maximum atomic E-state index is 11.7. The molecule has 0 N–H and O–H groups in total. The summed E-state index contributed by atoms with van der Waals surface area (Å²) in [6.45, 7) is 10.1. The molecular formula is C16H27NO4. The molecule has 0 saturated carbocycles. The van der Waals surface area contributed by atoms with Gasteiger partial charge >= 0.3 is 5.97 Å². The second kappa shape index (κ2) is 10.5. The number of hydrogen-bond donors (Lipinski definition) is 0. The average molecular weight is 297 g/mol. The molecule has 0 amide bonds. The number of Topliss-reactive ketones (excluding diaryl/α,β-unsaturated/α-hetero) is 1. The van der Waals surface area contributed by atoms with Gasteiger partial charge in [-0.25, -0.2) is 4.79 Å². The van der Waals surface area contributed by atoms with Crippen LogP contribution in [-0.2, 0) is 19.1 Å². The lowest BCUT2D eigenvalue weighted by Gasteiger charge is -2.26. The van der Waals surface area contributed by atoms with Crippen LogP contribution < -0.4 is 0 Å². The van der Waals surface area contributed by atoms with Crippen molar-refractivity contribution in [2.24, 2.45) is 0 Å². The molecule has 1 fully saturated rings. The van der Waals surface area contributed by atoms with E-state index in [1.165, 1.54) is 0 Å². The number of rotatable bonds is 10. The van der Waals surface area contributed by atoms with E-state index in [0.29, 0.717) is 31.4 Å². The van der Waals surface area contributed by atoms with E-state index in [1.807, 2.05) is 0 Å². The maximum absolute atomic E-state index is 11.7. The molecular weight excluding hydrogens is 270 g/mol. The number of esters is 1. The molecule has 0 atom stereocenters. The molecule has 1 rings (SSSR count). The number of ether oxygens (including phenoxy) is 2. The molecule has 1 aliphatic heterocycles. The summed E-state index contributed by atoms with van der Waals surface area (Å²) in [6.07, 6.45) is 3.69. The summed E-state index contributed by atoms with van der Waals surface area (Å²) in [5.74, 6) is -0.128. The van der Waals surface area contributed by atoms with Crippen molar-refractivity contribution in [2.45, 2.75) is 39.0 Å². The molecule has 1 saturated heterocycles. The maximum Gasteiger partial charge on any atom is 0.333 e. The smallest absolute Gasteiger partial charge is 0.333 e. The van der Waals surface area contributed by atoms with Gasteiger partial charge in [0.2, 0.25) is 0 Å². The monoisotopic (exact) mass is 297 g/mol. The van der Waals surface area contributed by atoms with Gasteiger partial charge in [-0.1, -0.05) is 6.58 Å². The van der Waals surface area contributed by atoms with Gasteiger partial charge in [0.05, 0.1) is 19.8 Å². The van der Waals surface area contributed by atoms with Gasteiger partial charge in [-0.2, -0.15) is 0 Å². The van der Waals surface area contributed by atoms with Crippen LogP contribution in [0.15, 0.2) is 12.2 Å². The minimum atomic E-state index is -0.382. The molecule has 0 spiro atoms. The summed E-state index contributed by atoms with van der Waals surface area (Å²) in [5.41, 5.74) is 0.393. The van der Waals surface area contributed by atoms with Gasteiger partial charge < -0.3 is 9.47 Å². The van der Waals surface area contributed by atoms with E-state index in [0.717, 1.165) is 45.7 Å². The summed E-state index contributed by atoms with van der Waals surface area (Å²) in [5, 5.41) is 0. The van der Waals surface area contributed by atoms with Gasteiger partial charge in [0, 0.05) is 31.5 Å². The van der Waals surface area contributed by atoms with Crippen molar-refractivity contribution in [3.05, 3.63) is 12.2 Å². The molecule has 1 heterocycles. The number of carbonyl (C=O) groups excluding carboxylic acids is 2. The zero-order valence-corrected chi connectivity index (χ0v) is 13.1. The molecule has 1 aliphatic rings. The third-order valence-corrected chi connectivity index (χ3v) is 3.47. The van der Waals surface area contributed by atoms with Crippen LogP contribution in [0.25, 0.3) is 0 Å². The van der Waals surface area contributed by atoms with Crippen molar-refractivity contribution in [2.75, 3.05) is 39.5 Å². The van der Waals surface area contributed by atoms with Crippen LogP contribution in [0.3, 0.4) is 0 Å². The van der Waals surface area contributed by atoms with Crippen LogP contribution >= 0.6 is 0 Å². The van der Waals surface area contributed by atoms with Crippen molar-refractivity contribution in [3.8, 4) is 0 Å². The highest BCUT2D eigenvalue weighted by molar-refractivity contribution is 5.86. The molecule has 21 heavy (non-hydrogen) atoms. The Balaban J connectivity index is 1.93. The predicted molar refractivity (Wildman–Crippen MR) is 81.1 cm³/mol. The zero-order chi connectivity index (χ0) is 15.5. The van der Waals surface area contributed by atoms with Crippen molar-refractivity contribution >= 4 is 11.8 Å². The van der Waals surface area contributed by atoms with Crippen molar-refractivity contribution in [1.29, 1.82) is 0 Å². The van der Waals surface area contributed by atoms with Gasteiger partial charge in [-0.15, -0.1) is 0 Å². The lowest BCUT2D eigenvalue weighted by molar-refractivity contribution is -0.139. The molecule has 0 unspecified atom stereocenters. The topological polar surface area (TPSA) is 55.8 Å². The lowest BCUT2D eigenvalue weighted by Crippen LogP contribution is -2.36. The molecule has 5 heteroatoms. The fourth-order valence-electron chi connectivity index (χ4n) is 2.16. The summed E-state index contributed by atoms with van der Waals surface area (Å²) in [7, 11) is 0. The summed E-state index contributed by atoms with van der Waals surface area (Å²) < 4.78 is 10.2. The molecule has 0 aromatic rings. The Morgan fingerprint density at radius 3 is 2.48 bits per heavy atom. The second-order valence-electron chi connectivity index (χ2n) is 5.47. The van der Waals surface area contributed by atoms with Gasteiger partial charge in [0.15, 0.2) is 0 Å². The first kappa shape index (κ1) is 17.9. The van der Waals surface area contributed by atoms with Crippen molar-refractivity contribution < 1.29 is 19.1 Å². The molecule has 0 aromatic heterocycles. The third-order valence-electron chi connectivity index (χ3n) is 3.47. The van der Waals surface area contributed by atoms with E-state index in [-0.39, 0.29) is 11.8 Å². The Morgan fingerprint density at radius 2 is 1.81 bits per heavy atom. The van der Waals surface area contributed by atoms with E-state index in [9.17, 15) is 9.59 Å². The van der Waals surface area contributed by atoms with Gasteiger partial charge in [0.1, 0.15) is 5.78 Å². The van der Waals surface area contributed by atoms with Gasteiger partial charge in [0.25, 0.3) is 0 Å². The largest absolute Gasteiger partial charge is 0.462 e. The standard InChI is InChI=1S/C16H27NO4/c1-14(2)16(19)21-11-5-7-15(18)6-3-4-8-17-9-12-20-13-10-17/h1,3-13H2,2H3.